The van der Waals surface area contributed by atoms with Crippen LogP contribution < -0.4 is 5.32 Å². The summed E-state index contributed by atoms with van der Waals surface area (Å²) in [6, 6.07) is 8.93. The first kappa shape index (κ1) is 14.5. The highest BCUT2D eigenvalue weighted by Crippen LogP contribution is 2.21. The molecule has 1 aliphatic heterocycles. The second-order valence-electron chi connectivity index (χ2n) is 5.67. The van der Waals surface area contributed by atoms with E-state index in [0.717, 1.165) is 18.0 Å². The SMILES string of the molecule is CNC(C)C1CCN(Cc2ccc(CO)cc2)CC1. The third-order valence-electron chi connectivity index (χ3n) is 4.41. The number of aliphatic hydroxyl groups is 1. The van der Waals surface area contributed by atoms with Crippen LogP contribution in [-0.4, -0.2) is 36.2 Å². The molecule has 1 aromatic carbocycles. The fourth-order valence-corrected chi connectivity index (χ4v) is 2.86. The maximum absolute atomic E-state index is 9.04. The Morgan fingerprint density at radius 2 is 1.79 bits per heavy atom. The number of benzene rings is 1. The highest BCUT2D eigenvalue weighted by atomic mass is 16.3. The Bertz CT molecular complexity index is 369. The molecule has 0 aliphatic carbocycles. The Balaban J connectivity index is 1.81. The predicted molar refractivity (Wildman–Crippen MR) is 78.9 cm³/mol. The monoisotopic (exact) mass is 262 g/mol. The minimum Gasteiger partial charge on any atom is -0.392 e. The average molecular weight is 262 g/mol. The summed E-state index contributed by atoms with van der Waals surface area (Å²) in [6.45, 7) is 5.84. The van der Waals surface area contributed by atoms with E-state index in [1.807, 2.05) is 12.1 Å². The van der Waals surface area contributed by atoms with Crippen molar-refractivity contribution in [3.05, 3.63) is 35.4 Å². The van der Waals surface area contributed by atoms with Gasteiger partial charge in [-0.15, -0.1) is 0 Å². The van der Waals surface area contributed by atoms with Crippen molar-refractivity contribution in [2.75, 3.05) is 20.1 Å². The van der Waals surface area contributed by atoms with Crippen molar-refractivity contribution in [2.45, 2.75) is 39.0 Å². The second kappa shape index (κ2) is 7.04. The van der Waals surface area contributed by atoms with Crippen LogP contribution in [0.3, 0.4) is 0 Å². The molecule has 3 heteroatoms. The molecule has 1 aliphatic rings. The lowest BCUT2D eigenvalue weighted by atomic mass is 9.90. The highest BCUT2D eigenvalue weighted by molar-refractivity contribution is 5.21. The Morgan fingerprint density at radius 1 is 1.21 bits per heavy atom. The summed E-state index contributed by atoms with van der Waals surface area (Å²) in [5.74, 6) is 0.818. The number of hydrogen-bond acceptors (Lipinski definition) is 3. The van der Waals surface area contributed by atoms with Gasteiger partial charge in [-0.25, -0.2) is 0 Å². The third kappa shape index (κ3) is 4.03. The maximum atomic E-state index is 9.04. The van der Waals surface area contributed by atoms with Crippen LogP contribution in [0.5, 0.6) is 0 Å². The molecule has 1 fully saturated rings. The summed E-state index contributed by atoms with van der Waals surface area (Å²) >= 11 is 0. The van der Waals surface area contributed by atoms with Crippen LogP contribution in [0.1, 0.15) is 30.9 Å². The summed E-state index contributed by atoms with van der Waals surface area (Å²) in [4.78, 5) is 2.53. The van der Waals surface area contributed by atoms with E-state index >= 15 is 0 Å². The van der Waals surface area contributed by atoms with E-state index < -0.39 is 0 Å². The fraction of sp³-hybridized carbons (Fsp3) is 0.625. The van der Waals surface area contributed by atoms with Crippen LogP contribution in [0.2, 0.25) is 0 Å². The maximum Gasteiger partial charge on any atom is 0.0681 e. The van der Waals surface area contributed by atoms with Gasteiger partial charge in [-0.05, 0) is 56.9 Å². The largest absolute Gasteiger partial charge is 0.392 e. The van der Waals surface area contributed by atoms with E-state index in [0.29, 0.717) is 6.04 Å². The summed E-state index contributed by atoms with van der Waals surface area (Å²) < 4.78 is 0. The van der Waals surface area contributed by atoms with Crippen molar-refractivity contribution in [3.63, 3.8) is 0 Å². The van der Waals surface area contributed by atoms with Gasteiger partial charge in [0.2, 0.25) is 0 Å². The Morgan fingerprint density at radius 3 is 2.32 bits per heavy atom. The predicted octanol–water partition coefficient (Wildman–Crippen LogP) is 2.00. The normalized spacial score (nSPS) is 19.5. The Kier molecular flexibility index (Phi) is 5.37. The molecule has 2 rings (SSSR count). The quantitative estimate of drug-likeness (QED) is 0.852. The number of aliphatic hydroxyl groups excluding tert-OH is 1. The van der Waals surface area contributed by atoms with Crippen LogP contribution in [0.15, 0.2) is 24.3 Å². The lowest BCUT2D eigenvalue weighted by Crippen LogP contribution is -2.40. The molecule has 0 amide bonds. The van der Waals surface area contributed by atoms with E-state index in [1.165, 1.54) is 31.5 Å². The van der Waals surface area contributed by atoms with Crippen LogP contribution in [-0.2, 0) is 13.2 Å². The molecule has 1 unspecified atom stereocenters. The molecular formula is C16H26N2O. The fourth-order valence-electron chi connectivity index (χ4n) is 2.86. The number of likely N-dealkylation sites (tertiary alicyclic amines) is 1. The van der Waals surface area contributed by atoms with Crippen molar-refractivity contribution >= 4 is 0 Å². The first-order valence-electron chi connectivity index (χ1n) is 7.31. The molecule has 0 spiro atoms. The summed E-state index contributed by atoms with van der Waals surface area (Å²) in [6.07, 6.45) is 2.58. The zero-order valence-corrected chi connectivity index (χ0v) is 12.1. The zero-order chi connectivity index (χ0) is 13.7. The minimum atomic E-state index is 0.133. The van der Waals surface area contributed by atoms with Crippen molar-refractivity contribution in [1.29, 1.82) is 0 Å². The van der Waals surface area contributed by atoms with Crippen LogP contribution in [0.4, 0.5) is 0 Å². The van der Waals surface area contributed by atoms with Gasteiger partial charge in [0.15, 0.2) is 0 Å². The highest BCUT2D eigenvalue weighted by Gasteiger charge is 2.22. The first-order chi connectivity index (χ1) is 9.22. The van der Waals surface area contributed by atoms with Crippen LogP contribution in [0, 0.1) is 5.92 Å². The average Bonchev–Trinajstić information content (AvgIpc) is 2.48. The van der Waals surface area contributed by atoms with Gasteiger partial charge in [0.05, 0.1) is 6.61 Å². The van der Waals surface area contributed by atoms with Gasteiger partial charge in [-0.2, -0.15) is 0 Å². The standard InChI is InChI=1S/C16H26N2O/c1-13(17-2)16-7-9-18(10-8-16)11-14-3-5-15(12-19)6-4-14/h3-6,13,16-17,19H,7-12H2,1-2H3. The first-order valence-corrected chi connectivity index (χ1v) is 7.31. The van der Waals surface area contributed by atoms with E-state index in [-0.39, 0.29) is 6.61 Å². The van der Waals surface area contributed by atoms with Crippen LogP contribution in [0.25, 0.3) is 0 Å². The number of piperidine rings is 1. The molecule has 1 atom stereocenters. The molecule has 19 heavy (non-hydrogen) atoms. The third-order valence-corrected chi connectivity index (χ3v) is 4.41. The number of rotatable bonds is 5. The van der Waals surface area contributed by atoms with Gasteiger partial charge in [0.1, 0.15) is 0 Å². The molecular weight excluding hydrogens is 236 g/mol. The number of hydrogen-bond donors (Lipinski definition) is 2. The van der Waals surface area contributed by atoms with Crippen molar-refractivity contribution < 1.29 is 5.11 Å². The molecule has 106 valence electrons. The van der Waals surface area contributed by atoms with Crippen LogP contribution >= 0.6 is 0 Å². The van der Waals surface area contributed by atoms with Gasteiger partial charge in [0.25, 0.3) is 0 Å². The lowest BCUT2D eigenvalue weighted by Gasteiger charge is -2.34. The second-order valence-corrected chi connectivity index (χ2v) is 5.67. The molecule has 2 N–H and O–H groups in total. The van der Waals surface area contributed by atoms with Crippen molar-refractivity contribution in [3.8, 4) is 0 Å². The Labute approximate surface area is 116 Å². The number of nitrogens with one attached hydrogen (secondary N) is 1. The smallest absolute Gasteiger partial charge is 0.0681 e. The molecule has 0 bridgehead atoms. The van der Waals surface area contributed by atoms with Gasteiger partial charge in [-0.1, -0.05) is 24.3 Å². The van der Waals surface area contributed by atoms with Gasteiger partial charge < -0.3 is 10.4 Å². The molecule has 1 aromatic rings. The topological polar surface area (TPSA) is 35.5 Å². The molecule has 3 nitrogen and oxygen atoms in total. The van der Waals surface area contributed by atoms with Gasteiger partial charge in [-0.3, -0.25) is 4.90 Å². The Hall–Kier alpha value is -0.900. The molecule has 0 saturated carbocycles. The number of nitrogens with zero attached hydrogens (tertiary/aromatic N) is 1. The summed E-state index contributed by atoms with van der Waals surface area (Å²) in [5.41, 5.74) is 2.34. The van der Waals surface area contributed by atoms with E-state index in [2.05, 4.69) is 36.3 Å². The molecule has 1 heterocycles. The van der Waals surface area contributed by atoms with Gasteiger partial charge in [0, 0.05) is 12.6 Å². The molecule has 0 radical (unpaired) electrons. The molecule has 1 saturated heterocycles. The van der Waals surface area contributed by atoms with Gasteiger partial charge >= 0.3 is 0 Å². The van der Waals surface area contributed by atoms with E-state index in [1.54, 1.807) is 0 Å². The summed E-state index contributed by atoms with van der Waals surface area (Å²) in [5, 5.41) is 12.4. The lowest BCUT2D eigenvalue weighted by molar-refractivity contribution is 0.159. The minimum absolute atomic E-state index is 0.133. The summed E-state index contributed by atoms with van der Waals surface area (Å²) in [7, 11) is 2.06. The molecule has 0 aromatic heterocycles. The van der Waals surface area contributed by atoms with Crippen molar-refractivity contribution in [1.82, 2.24) is 10.2 Å². The van der Waals surface area contributed by atoms with Crippen molar-refractivity contribution in [2.24, 2.45) is 5.92 Å². The van der Waals surface area contributed by atoms with E-state index in [9.17, 15) is 0 Å². The zero-order valence-electron chi connectivity index (χ0n) is 12.1. The van der Waals surface area contributed by atoms with E-state index in [4.69, 9.17) is 5.11 Å².